The third-order valence-electron chi connectivity index (χ3n) is 1.01. The van der Waals surface area contributed by atoms with Crippen LogP contribution in [-0.2, 0) is 9.53 Å². The lowest BCUT2D eigenvalue weighted by atomic mass is 10.2. The summed E-state index contributed by atoms with van der Waals surface area (Å²) in [4.78, 5) is 10.5. The SMILES string of the molecule is [CH]OC(C)C(=O)CC. The van der Waals surface area contributed by atoms with Crippen molar-refractivity contribution in [2.75, 3.05) is 0 Å². The first kappa shape index (κ1) is 7.63. The average Bonchev–Trinajstić information content (AvgIpc) is 1.84. The number of carbonyl (C=O) groups excluding carboxylic acids is 1. The summed E-state index contributed by atoms with van der Waals surface area (Å²) in [6.45, 7) is 3.41. The second kappa shape index (κ2) is 3.61. The van der Waals surface area contributed by atoms with Gasteiger partial charge in [-0.1, -0.05) is 6.92 Å². The van der Waals surface area contributed by atoms with Gasteiger partial charge in [0.2, 0.25) is 0 Å². The highest BCUT2D eigenvalue weighted by atomic mass is 16.5. The van der Waals surface area contributed by atoms with Crippen molar-refractivity contribution in [3.63, 3.8) is 0 Å². The van der Waals surface area contributed by atoms with E-state index in [1.54, 1.807) is 13.8 Å². The van der Waals surface area contributed by atoms with Crippen molar-refractivity contribution in [1.29, 1.82) is 0 Å². The van der Waals surface area contributed by atoms with Crippen LogP contribution in [0.3, 0.4) is 0 Å². The topological polar surface area (TPSA) is 26.3 Å². The first-order valence-electron chi connectivity index (χ1n) is 2.60. The molecule has 46 valence electrons. The minimum absolute atomic E-state index is 0.0347. The molecule has 8 heavy (non-hydrogen) atoms. The van der Waals surface area contributed by atoms with E-state index in [4.69, 9.17) is 7.11 Å². The lowest BCUT2D eigenvalue weighted by molar-refractivity contribution is -0.126. The van der Waals surface area contributed by atoms with Crippen LogP contribution in [0.15, 0.2) is 0 Å². The zero-order chi connectivity index (χ0) is 6.57. The van der Waals surface area contributed by atoms with Crippen LogP contribution in [-0.4, -0.2) is 11.9 Å². The van der Waals surface area contributed by atoms with Gasteiger partial charge in [-0.25, -0.2) is 0 Å². The summed E-state index contributed by atoms with van der Waals surface area (Å²) in [5.74, 6) is 0.0347. The highest BCUT2D eigenvalue weighted by Crippen LogP contribution is 1.93. The molecule has 0 aromatic rings. The Morgan fingerprint density at radius 1 is 1.88 bits per heavy atom. The normalized spacial score (nSPS) is 13.4. The van der Waals surface area contributed by atoms with Crippen LogP contribution < -0.4 is 0 Å². The van der Waals surface area contributed by atoms with Crippen LogP contribution in [0.1, 0.15) is 20.3 Å². The van der Waals surface area contributed by atoms with E-state index in [2.05, 4.69) is 4.74 Å². The Balaban J connectivity index is 3.46. The van der Waals surface area contributed by atoms with Crippen molar-refractivity contribution in [2.24, 2.45) is 0 Å². The van der Waals surface area contributed by atoms with Crippen LogP contribution in [0.2, 0.25) is 0 Å². The van der Waals surface area contributed by atoms with E-state index >= 15 is 0 Å². The van der Waals surface area contributed by atoms with Crippen LogP contribution in [0.4, 0.5) is 0 Å². The minimum atomic E-state index is -0.444. The van der Waals surface area contributed by atoms with Crippen molar-refractivity contribution in [3.8, 4) is 0 Å². The molecule has 0 fully saturated rings. The maximum absolute atomic E-state index is 10.5. The van der Waals surface area contributed by atoms with E-state index in [0.717, 1.165) is 0 Å². The number of Topliss-reactive ketones (excluding diaryl/α,β-unsaturated/α-hetero) is 1. The van der Waals surface area contributed by atoms with E-state index in [-0.39, 0.29) is 5.78 Å². The van der Waals surface area contributed by atoms with E-state index in [9.17, 15) is 4.79 Å². The van der Waals surface area contributed by atoms with Gasteiger partial charge in [-0.15, -0.1) is 0 Å². The van der Waals surface area contributed by atoms with E-state index in [1.165, 1.54) is 0 Å². The first-order valence-corrected chi connectivity index (χ1v) is 2.60. The summed E-state index contributed by atoms with van der Waals surface area (Å²) >= 11 is 0. The summed E-state index contributed by atoms with van der Waals surface area (Å²) in [5.41, 5.74) is 0. The van der Waals surface area contributed by atoms with Crippen molar-refractivity contribution in [3.05, 3.63) is 7.11 Å². The highest BCUT2D eigenvalue weighted by molar-refractivity contribution is 5.82. The van der Waals surface area contributed by atoms with E-state index < -0.39 is 6.10 Å². The molecule has 0 amide bonds. The molecule has 0 aromatic heterocycles. The Bertz CT molecular complexity index is 78.6. The monoisotopic (exact) mass is 114 g/mol. The Hall–Kier alpha value is -0.370. The predicted octanol–water partition coefficient (Wildman–Crippen LogP) is 1.04. The maximum atomic E-state index is 10.5. The number of hydrogen-bond donors (Lipinski definition) is 0. The summed E-state index contributed by atoms with van der Waals surface area (Å²) in [6, 6.07) is 0. The predicted molar refractivity (Wildman–Crippen MR) is 30.1 cm³/mol. The van der Waals surface area contributed by atoms with Gasteiger partial charge in [-0.05, 0) is 6.92 Å². The molecular weight excluding hydrogens is 104 g/mol. The Morgan fingerprint density at radius 2 is 2.38 bits per heavy atom. The standard InChI is InChI=1S/C6H10O2/c1-4-6(7)5(2)8-3/h3,5H,4H2,1-2H3. The van der Waals surface area contributed by atoms with Crippen LogP contribution in [0.5, 0.6) is 0 Å². The van der Waals surface area contributed by atoms with Crippen molar-refractivity contribution in [2.45, 2.75) is 26.4 Å². The zero-order valence-electron chi connectivity index (χ0n) is 5.18. The van der Waals surface area contributed by atoms with Gasteiger partial charge in [0.1, 0.15) is 13.2 Å². The number of carbonyl (C=O) groups is 1. The molecule has 2 heteroatoms. The van der Waals surface area contributed by atoms with Gasteiger partial charge in [0.05, 0.1) is 0 Å². The summed E-state index contributed by atoms with van der Waals surface area (Å²) in [6.07, 6.45) is 0.0400. The fourth-order valence-electron chi connectivity index (χ4n) is 0.363. The smallest absolute Gasteiger partial charge is 0.161 e. The number of ether oxygens (including phenoxy) is 1. The second-order valence-electron chi connectivity index (χ2n) is 1.60. The number of ketones is 1. The number of rotatable bonds is 3. The third kappa shape index (κ3) is 2.07. The van der Waals surface area contributed by atoms with Crippen LogP contribution in [0, 0.1) is 7.11 Å². The molecule has 0 aliphatic rings. The molecule has 0 bridgehead atoms. The van der Waals surface area contributed by atoms with Crippen molar-refractivity contribution >= 4 is 5.78 Å². The average molecular weight is 114 g/mol. The van der Waals surface area contributed by atoms with E-state index in [0.29, 0.717) is 6.42 Å². The summed E-state index contributed by atoms with van der Waals surface area (Å²) in [5, 5.41) is 0. The van der Waals surface area contributed by atoms with Gasteiger partial charge in [0.25, 0.3) is 0 Å². The lowest BCUT2D eigenvalue weighted by Gasteiger charge is -2.03. The Morgan fingerprint density at radius 3 is 2.50 bits per heavy atom. The molecular formula is C6H10O2. The third-order valence-corrected chi connectivity index (χ3v) is 1.01. The molecule has 2 radical (unpaired) electrons. The molecule has 0 aliphatic heterocycles. The number of hydrogen-bond acceptors (Lipinski definition) is 2. The molecule has 0 saturated carbocycles. The van der Waals surface area contributed by atoms with Crippen molar-refractivity contribution in [1.82, 2.24) is 0 Å². The van der Waals surface area contributed by atoms with Gasteiger partial charge in [0, 0.05) is 6.42 Å². The quantitative estimate of drug-likeness (QED) is 0.548. The molecule has 0 saturated heterocycles. The zero-order valence-corrected chi connectivity index (χ0v) is 5.18. The van der Waals surface area contributed by atoms with Gasteiger partial charge in [-0.3, -0.25) is 4.79 Å². The van der Waals surface area contributed by atoms with Gasteiger partial charge in [0.15, 0.2) is 5.78 Å². The Labute approximate surface area is 49.8 Å². The molecule has 2 nitrogen and oxygen atoms in total. The van der Waals surface area contributed by atoms with Gasteiger partial charge >= 0.3 is 0 Å². The summed E-state index contributed by atoms with van der Waals surface area (Å²) in [7, 11) is 4.73. The molecule has 1 atom stereocenters. The summed E-state index contributed by atoms with van der Waals surface area (Å²) < 4.78 is 4.25. The van der Waals surface area contributed by atoms with Crippen molar-refractivity contribution < 1.29 is 9.53 Å². The van der Waals surface area contributed by atoms with E-state index in [1.807, 2.05) is 0 Å². The maximum Gasteiger partial charge on any atom is 0.161 e. The minimum Gasteiger partial charge on any atom is -0.362 e. The van der Waals surface area contributed by atoms with Gasteiger partial charge < -0.3 is 4.74 Å². The molecule has 0 heterocycles. The Kier molecular flexibility index (Phi) is 3.44. The molecule has 0 rings (SSSR count). The van der Waals surface area contributed by atoms with Crippen LogP contribution >= 0.6 is 0 Å². The lowest BCUT2D eigenvalue weighted by Crippen LogP contribution is -2.16. The largest absolute Gasteiger partial charge is 0.362 e. The molecule has 1 unspecified atom stereocenters. The highest BCUT2D eigenvalue weighted by Gasteiger charge is 2.06. The van der Waals surface area contributed by atoms with Gasteiger partial charge in [-0.2, -0.15) is 0 Å². The first-order chi connectivity index (χ1) is 3.72. The molecule has 0 aromatic carbocycles. The van der Waals surface area contributed by atoms with Crippen LogP contribution in [0.25, 0.3) is 0 Å². The fraction of sp³-hybridized carbons (Fsp3) is 0.667. The second-order valence-corrected chi connectivity index (χ2v) is 1.60. The molecule has 0 N–H and O–H groups in total. The molecule has 0 aliphatic carbocycles. The molecule has 0 spiro atoms. The fourth-order valence-corrected chi connectivity index (χ4v) is 0.363.